The first-order chi connectivity index (χ1) is 16.0. The number of carbonyl (C=O) groups is 2. The van der Waals surface area contributed by atoms with E-state index in [1.165, 1.54) is 22.2 Å². The zero-order valence-electron chi connectivity index (χ0n) is 18.7. The zero-order chi connectivity index (χ0) is 22.9. The number of anilines is 1. The average molecular weight is 466 g/mol. The van der Waals surface area contributed by atoms with Gasteiger partial charge in [0.2, 0.25) is 5.91 Å². The van der Waals surface area contributed by atoms with Crippen LogP contribution in [0.1, 0.15) is 28.1 Å². The second-order valence-corrected chi connectivity index (χ2v) is 9.62. The van der Waals surface area contributed by atoms with Crippen molar-refractivity contribution in [2.24, 2.45) is 0 Å². The molecule has 3 aromatic rings. The van der Waals surface area contributed by atoms with Crippen LogP contribution in [0.4, 0.5) is 5.69 Å². The highest BCUT2D eigenvalue weighted by atomic mass is 32.1. The summed E-state index contributed by atoms with van der Waals surface area (Å²) < 4.78 is 1.37. The van der Waals surface area contributed by atoms with Crippen molar-refractivity contribution in [2.75, 3.05) is 44.2 Å². The van der Waals surface area contributed by atoms with E-state index in [9.17, 15) is 14.4 Å². The summed E-state index contributed by atoms with van der Waals surface area (Å²) in [7, 11) is 0. The molecule has 1 aromatic carbocycles. The first-order valence-corrected chi connectivity index (χ1v) is 12.2. The van der Waals surface area contributed by atoms with Crippen LogP contribution in [0.5, 0.6) is 0 Å². The van der Waals surface area contributed by atoms with Gasteiger partial charge >= 0.3 is 0 Å². The van der Waals surface area contributed by atoms with Gasteiger partial charge in [0.15, 0.2) is 0 Å². The normalized spacial score (nSPS) is 16.6. The highest BCUT2D eigenvalue weighted by Crippen LogP contribution is 2.28. The SMILES string of the molecule is Cc1c(C(=O)N2CCN(c3ccccc3)CC2)sc2ncn(CC(=O)N3CCCC3)c(=O)c12. The number of fused-ring (bicyclic) bond motifs is 1. The second-order valence-electron chi connectivity index (χ2n) is 8.62. The summed E-state index contributed by atoms with van der Waals surface area (Å²) in [4.78, 5) is 50.4. The third-order valence-corrected chi connectivity index (χ3v) is 7.75. The molecule has 0 radical (unpaired) electrons. The van der Waals surface area contributed by atoms with E-state index < -0.39 is 0 Å². The van der Waals surface area contributed by atoms with Crippen molar-refractivity contribution in [3.63, 3.8) is 0 Å². The maximum atomic E-state index is 13.3. The molecule has 2 fully saturated rings. The summed E-state index contributed by atoms with van der Waals surface area (Å²) in [5.74, 6) is -0.112. The standard InChI is InChI=1S/C24H27N5O3S/c1-17-20-22(25-16-29(23(20)31)15-19(30)27-9-5-6-10-27)33-21(17)24(32)28-13-11-26(12-14-28)18-7-3-2-4-8-18/h2-4,7-8,16H,5-6,9-15H2,1H3. The Hall–Kier alpha value is -3.20. The number of benzene rings is 1. The highest BCUT2D eigenvalue weighted by Gasteiger charge is 2.27. The Morgan fingerprint density at radius 1 is 0.970 bits per heavy atom. The number of amides is 2. The van der Waals surface area contributed by atoms with Crippen LogP contribution >= 0.6 is 11.3 Å². The minimum atomic E-state index is -0.255. The molecule has 0 atom stereocenters. The molecule has 0 saturated carbocycles. The molecule has 33 heavy (non-hydrogen) atoms. The van der Waals surface area contributed by atoms with Gasteiger partial charge in [-0.15, -0.1) is 11.3 Å². The number of hydrogen-bond acceptors (Lipinski definition) is 6. The van der Waals surface area contributed by atoms with E-state index in [2.05, 4.69) is 22.0 Å². The van der Waals surface area contributed by atoms with Crippen LogP contribution in [-0.4, -0.2) is 70.4 Å². The fourth-order valence-electron chi connectivity index (χ4n) is 4.64. The smallest absolute Gasteiger partial charge is 0.264 e. The van der Waals surface area contributed by atoms with Crippen molar-refractivity contribution < 1.29 is 9.59 Å². The summed E-state index contributed by atoms with van der Waals surface area (Å²) in [5.41, 5.74) is 1.57. The van der Waals surface area contributed by atoms with E-state index >= 15 is 0 Å². The highest BCUT2D eigenvalue weighted by molar-refractivity contribution is 7.20. The summed E-state index contributed by atoms with van der Waals surface area (Å²) in [5, 5.41) is 0.447. The molecule has 2 aromatic heterocycles. The van der Waals surface area contributed by atoms with Crippen molar-refractivity contribution in [3.8, 4) is 0 Å². The summed E-state index contributed by atoms with van der Waals surface area (Å²) in [6.45, 7) is 6.08. The summed E-state index contributed by atoms with van der Waals surface area (Å²) >= 11 is 1.27. The van der Waals surface area contributed by atoms with E-state index in [4.69, 9.17) is 0 Å². The van der Waals surface area contributed by atoms with Gasteiger partial charge < -0.3 is 14.7 Å². The lowest BCUT2D eigenvalue weighted by atomic mass is 10.2. The predicted octanol–water partition coefficient (Wildman–Crippen LogP) is 2.35. The Kier molecular flexibility index (Phi) is 5.88. The second kappa shape index (κ2) is 8.97. The minimum absolute atomic E-state index is 0.0121. The molecule has 2 saturated heterocycles. The molecule has 0 spiro atoms. The lowest BCUT2D eigenvalue weighted by Crippen LogP contribution is -2.48. The molecule has 9 heteroatoms. The zero-order valence-corrected chi connectivity index (χ0v) is 19.5. The molecule has 8 nitrogen and oxygen atoms in total. The molecule has 0 unspecified atom stereocenters. The number of aryl methyl sites for hydroxylation is 1. The van der Waals surface area contributed by atoms with Crippen LogP contribution in [0, 0.1) is 6.92 Å². The molecular weight excluding hydrogens is 438 g/mol. The maximum absolute atomic E-state index is 13.3. The molecule has 2 aliphatic heterocycles. The maximum Gasteiger partial charge on any atom is 0.264 e. The molecule has 2 aliphatic rings. The predicted molar refractivity (Wildman–Crippen MR) is 129 cm³/mol. The van der Waals surface area contributed by atoms with Crippen LogP contribution in [0.2, 0.25) is 0 Å². The number of nitrogens with zero attached hydrogens (tertiary/aromatic N) is 5. The molecule has 4 heterocycles. The molecule has 0 N–H and O–H groups in total. The van der Waals surface area contributed by atoms with Gasteiger partial charge in [-0.1, -0.05) is 18.2 Å². The molecule has 172 valence electrons. The number of piperazine rings is 1. The van der Waals surface area contributed by atoms with Gasteiger partial charge in [0.05, 0.1) is 16.6 Å². The number of aromatic nitrogens is 2. The van der Waals surface area contributed by atoms with Crippen LogP contribution in [0.3, 0.4) is 0 Å². The first-order valence-electron chi connectivity index (χ1n) is 11.4. The molecular formula is C24H27N5O3S. The van der Waals surface area contributed by atoms with Crippen LogP contribution in [0.15, 0.2) is 41.5 Å². The van der Waals surface area contributed by atoms with Gasteiger partial charge in [-0.25, -0.2) is 4.98 Å². The van der Waals surface area contributed by atoms with Gasteiger partial charge in [0, 0.05) is 45.0 Å². The fraction of sp³-hybridized carbons (Fsp3) is 0.417. The molecule has 2 amide bonds. The van der Waals surface area contributed by atoms with Crippen molar-refractivity contribution in [3.05, 3.63) is 57.5 Å². The monoisotopic (exact) mass is 465 g/mol. The Balaban J connectivity index is 1.34. The first kappa shape index (κ1) is 21.6. The third kappa shape index (κ3) is 4.13. The quantitative estimate of drug-likeness (QED) is 0.591. The molecule has 5 rings (SSSR count). The number of hydrogen-bond donors (Lipinski definition) is 0. The number of para-hydroxylation sites is 1. The fourth-order valence-corrected chi connectivity index (χ4v) is 5.75. The number of rotatable bonds is 4. The van der Waals surface area contributed by atoms with Crippen LogP contribution < -0.4 is 10.5 Å². The van der Waals surface area contributed by atoms with Gasteiger partial charge in [-0.2, -0.15) is 0 Å². The van der Waals surface area contributed by atoms with Gasteiger partial charge in [0.25, 0.3) is 11.5 Å². The minimum Gasteiger partial charge on any atom is -0.368 e. The van der Waals surface area contributed by atoms with Crippen LogP contribution in [-0.2, 0) is 11.3 Å². The average Bonchev–Trinajstić information content (AvgIpc) is 3.50. The van der Waals surface area contributed by atoms with Gasteiger partial charge in [-0.05, 0) is 37.5 Å². The number of thiophene rings is 1. The summed E-state index contributed by atoms with van der Waals surface area (Å²) in [6.07, 6.45) is 3.45. The van der Waals surface area contributed by atoms with Crippen LogP contribution in [0.25, 0.3) is 10.2 Å². The number of likely N-dealkylation sites (tertiary alicyclic amines) is 1. The van der Waals surface area contributed by atoms with Crippen molar-refractivity contribution >= 4 is 39.1 Å². The van der Waals surface area contributed by atoms with Gasteiger partial charge in [0.1, 0.15) is 11.4 Å². The molecule has 0 bridgehead atoms. The topological polar surface area (TPSA) is 78.8 Å². The third-order valence-electron chi connectivity index (χ3n) is 6.56. The van der Waals surface area contributed by atoms with E-state index in [1.54, 1.807) is 4.90 Å². The Morgan fingerprint density at radius 3 is 2.36 bits per heavy atom. The van der Waals surface area contributed by atoms with E-state index in [-0.39, 0.29) is 23.9 Å². The Bertz CT molecular complexity index is 1240. The Morgan fingerprint density at radius 2 is 1.67 bits per heavy atom. The Labute approximate surface area is 196 Å². The largest absolute Gasteiger partial charge is 0.368 e. The van der Waals surface area contributed by atoms with Crippen molar-refractivity contribution in [1.29, 1.82) is 0 Å². The van der Waals surface area contributed by atoms with E-state index in [0.29, 0.717) is 33.7 Å². The van der Waals surface area contributed by atoms with Crippen molar-refractivity contribution in [1.82, 2.24) is 19.4 Å². The van der Waals surface area contributed by atoms with E-state index in [0.717, 1.165) is 44.7 Å². The van der Waals surface area contributed by atoms with Crippen molar-refractivity contribution in [2.45, 2.75) is 26.3 Å². The summed E-state index contributed by atoms with van der Waals surface area (Å²) in [6, 6.07) is 10.2. The lowest BCUT2D eigenvalue weighted by Gasteiger charge is -2.36. The number of carbonyl (C=O) groups excluding carboxylic acids is 2. The van der Waals surface area contributed by atoms with E-state index in [1.807, 2.05) is 30.0 Å². The molecule has 0 aliphatic carbocycles. The van der Waals surface area contributed by atoms with Gasteiger partial charge in [-0.3, -0.25) is 19.0 Å². The lowest BCUT2D eigenvalue weighted by molar-refractivity contribution is -0.130.